The summed E-state index contributed by atoms with van der Waals surface area (Å²) in [6.07, 6.45) is 6.55. The van der Waals surface area contributed by atoms with E-state index in [4.69, 9.17) is 5.73 Å². The van der Waals surface area contributed by atoms with Crippen molar-refractivity contribution >= 4 is 11.6 Å². The highest BCUT2D eigenvalue weighted by molar-refractivity contribution is 5.76. The lowest BCUT2D eigenvalue weighted by Gasteiger charge is -2.14. The molecule has 3 nitrogen and oxygen atoms in total. The van der Waals surface area contributed by atoms with Crippen LogP contribution in [-0.4, -0.2) is 23.9 Å². The van der Waals surface area contributed by atoms with Crippen molar-refractivity contribution in [3.8, 4) is 0 Å². The summed E-state index contributed by atoms with van der Waals surface area (Å²) >= 11 is 0. The van der Waals surface area contributed by atoms with Crippen LogP contribution in [0.15, 0.2) is 36.4 Å². The quantitative estimate of drug-likeness (QED) is 0.635. The van der Waals surface area contributed by atoms with Crippen molar-refractivity contribution < 1.29 is 4.79 Å². The van der Waals surface area contributed by atoms with Gasteiger partial charge in [0.25, 0.3) is 0 Å². The predicted molar refractivity (Wildman–Crippen MR) is 69.5 cm³/mol. The van der Waals surface area contributed by atoms with Gasteiger partial charge in [-0.1, -0.05) is 24.3 Å². The highest BCUT2D eigenvalue weighted by atomic mass is 16.2. The number of hydrogen-bond acceptors (Lipinski definition) is 2. The summed E-state index contributed by atoms with van der Waals surface area (Å²) < 4.78 is 0. The van der Waals surface area contributed by atoms with E-state index in [1.807, 2.05) is 41.3 Å². The van der Waals surface area contributed by atoms with Crippen LogP contribution >= 0.6 is 0 Å². The molecule has 0 spiro atoms. The van der Waals surface area contributed by atoms with Crippen LogP contribution in [0.25, 0.3) is 0 Å². The molecule has 1 amide bonds. The number of carbonyl (C=O) groups excluding carboxylic acids is 1. The molecular formula is C14H18N2O. The number of amides is 1. The van der Waals surface area contributed by atoms with Crippen molar-refractivity contribution in [1.29, 1.82) is 0 Å². The molecule has 1 aromatic carbocycles. The van der Waals surface area contributed by atoms with Crippen molar-refractivity contribution in [2.45, 2.75) is 19.3 Å². The standard InChI is InChI=1S/C14H18N2O/c15-13-8-6-12(7-9-13)4-3-5-14(17)16-10-1-2-11-16/h1-2,6-9H,3-5,10-11,15H2. The Morgan fingerprint density at radius 3 is 2.47 bits per heavy atom. The third-order valence-corrected chi connectivity index (χ3v) is 3.01. The van der Waals surface area contributed by atoms with Gasteiger partial charge in [-0.05, 0) is 30.5 Å². The van der Waals surface area contributed by atoms with Crippen molar-refractivity contribution in [1.82, 2.24) is 4.90 Å². The number of nitrogens with zero attached hydrogens (tertiary/aromatic N) is 1. The second-order valence-corrected chi connectivity index (χ2v) is 4.37. The molecule has 1 heterocycles. The number of nitrogens with two attached hydrogens (primary N) is 1. The fourth-order valence-electron chi connectivity index (χ4n) is 1.97. The average molecular weight is 230 g/mol. The molecule has 0 aliphatic carbocycles. The number of hydrogen-bond donors (Lipinski definition) is 1. The molecule has 90 valence electrons. The number of aryl methyl sites for hydroxylation is 1. The molecule has 1 aromatic rings. The van der Waals surface area contributed by atoms with Gasteiger partial charge in [-0.3, -0.25) is 4.79 Å². The fourth-order valence-corrected chi connectivity index (χ4v) is 1.97. The first-order valence-corrected chi connectivity index (χ1v) is 6.03. The Balaban J connectivity index is 1.72. The lowest BCUT2D eigenvalue weighted by molar-refractivity contribution is -0.129. The van der Waals surface area contributed by atoms with Crippen LogP contribution in [0, 0.1) is 0 Å². The van der Waals surface area contributed by atoms with Gasteiger partial charge >= 0.3 is 0 Å². The first-order valence-electron chi connectivity index (χ1n) is 6.03. The highest BCUT2D eigenvalue weighted by Crippen LogP contribution is 2.10. The normalized spacial score (nSPS) is 14.2. The zero-order chi connectivity index (χ0) is 12.1. The first-order chi connectivity index (χ1) is 8.25. The van der Waals surface area contributed by atoms with Crippen LogP contribution in [0.2, 0.25) is 0 Å². The Kier molecular flexibility index (Phi) is 3.81. The monoisotopic (exact) mass is 230 g/mol. The first kappa shape index (κ1) is 11.7. The molecule has 1 aliphatic rings. The zero-order valence-electron chi connectivity index (χ0n) is 9.93. The second-order valence-electron chi connectivity index (χ2n) is 4.37. The maximum Gasteiger partial charge on any atom is 0.223 e. The number of carbonyl (C=O) groups is 1. The zero-order valence-corrected chi connectivity index (χ0v) is 9.93. The van der Waals surface area contributed by atoms with E-state index in [9.17, 15) is 4.79 Å². The summed E-state index contributed by atoms with van der Waals surface area (Å²) in [6.45, 7) is 1.56. The van der Waals surface area contributed by atoms with Gasteiger partial charge in [0.1, 0.15) is 0 Å². The molecular weight excluding hydrogens is 212 g/mol. The van der Waals surface area contributed by atoms with Crippen LogP contribution in [0.3, 0.4) is 0 Å². The molecule has 1 aliphatic heterocycles. The molecule has 0 atom stereocenters. The van der Waals surface area contributed by atoms with Gasteiger partial charge in [0.2, 0.25) is 5.91 Å². The van der Waals surface area contributed by atoms with E-state index in [0.29, 0.717) is 6.42 Å². The highest BCUT2D eigenvalue weighted by Gasteiger charge is 2.13. The van der Waals surface area contributed by atoms with E-state index in [1.54, 1.807) is 0 Å². The van der Waals surface area contributed by atoms with Gasteiger partial charge in [0.15, 0.2) is 0 Å². The number of nitrogen functional groups attached to an aromatic ring is 1. The molecule has 0 bridgehead atoms. The molecule has 2 N–H and O–H groups in total. The Morgan fingerprint density at radius 2 is 1.82 bits per heavy atom. The van der Waals surface area contributed by atoms with E-state index in [0.717, 1.165) is 31.6 Å². The Bertz CT molecular complexity index is 401. The van der Waals surface area contributed by atoms with E-state index >= 15 is 0 Å². The maximum absolute atomic E-state index is 11.8. The van der Waals surface area contributed by atoms with Crippen molar-refractivity contribution in [3.63, 3.8) is 0 Å². The van der Waals surface area contributed by atoms with Gasteiger partial charge in [-0.25, -0.2) is 0 Å². The molecule has 0 aromatic heterocycles. The van der Waals surface area contributed by atoms with Crippen LogP contribution in [0.5, 0.6) is 0 Å². The molecule has 17 heavy (non-hydrogen) atoms. The molecule has 0 fully saturated rings. The summed E-state index contributed by atoms with van der Waals surface area (Å²) in [5, 5.41) is 0. The van der Waals surface area contributed by atoms with E-state index in [-0.39, 0.29) is 5.91 Å². The van der Waals surface area contributed by atoms with Crippen LogP contribution in [0.1, 0.15) is 18.4 Å². The topological polar surface area (TPSA) is 46.3 Å². The Morgan fingerprint density at radius 1 is 1.18 bits per heavy atom. The summed E-state index contributed by atoms with van der Waals surface area (Å²) in [5.41, 5.74) is 7.65. The SMILES string of the molecule is Nc1ccc(CCCC(=O)N2CC=CC2)cc1. The number of rotatable bonds is 4. The minimum atomic E-state index is 0.255. The van der Waals surface area contributed by atoms with Crippen LogP contribution in [-0.2, 0) is 11.2 Å². The van der Waals surface area contributed by atoms with Crippen molar-refractivity contribution in [2.75, 3.05) is 18.8 Å². The Labute approximate surface area is 102 Å². The van der Waals surface area contributed by atoms with E-state index in [2.05, 4.69) is 0 Å². The molecule has 0 saturated carbocycles. The Hall–Kier alpha value is -1.77. The number of anilines is 1. The summed E-state index contributed by atoms with van der Waals surface area (Å²) in [4.78, 5) is 13.6. The largest absolute Gasteiger partial charge is 0.399 e. The molecule has 3 heteroatoms. The maximum atomic E-state index is 11.8. The molecule has 0 saturated heterocycles. The second kappa shape index (κ2) is 5.53. The van der Waals surface area contributed by atoms with Crippen LogP contribution < -0.4 is 5.73 Å². The molecule has 2 rings (SSSR count). The lowest BCUT2D eigenvalue weighted by Crippen LogP contribution is -2.27. The van der Waals surface area contributed by atoms with Crippen molar-refractivity contribution in [2.24, 2.45) is 0 Å². The minimum Gasteiger partial charge on any atom is -0.399 e. The summed E-state index contributed by atoms with van der Waals surface area (Å²) in [7, 11) is 0. The smallest absolute Gasteiger partial charge is 0.223 e. The average Bonchev–Trinajstić information content (AvgIpc) is 2.85. The summed E-state index contributed by atoms with van der Waals surface area (Å²) in [6, 6.07) is 7.86. The number of benzene rings is 1. The van der Waals surface area contributed by atoms with Crippen molar-refractivity contribution in [3.05, 3.63) is 42.0 Å². The summed E-state index contributed by atoms with van der Waals surface area (Å²) in [5.74, 6) is 0.255. The predicted octanol–water partition coefficient (Wildman–Crippen LogP) is 1.99. The van der Waals surface area contributed by atoms with Gasteiger partial charge in [-0.2, -0.15) is 0 Å². The van der Waals surface area contributed by atoms with Gasteiger partial charge in [-0.15, -0.1) is 0 Å². The lowest BCUT2D eigenvalue weighted by atomic mass is 10.1. The third kappa shape index (κ3) is 3.34. The fraction of sp³-hybridized carbons (Fsp3) is 0.357. The van der Waals surface area contributed by atoms with Gasteiger partial charge in [0.05, 0.1) is 0 Å². The third-order valence-electron chi connectivity index (χ3n) is 3.01. The molecule has 0 unspecified atom stereocenters. The minimum absolute atomic E-state index is 0.255. The van der Waals surface area contributed by atoms with E-state index < -0.39 is 0 Å². The van der Waals surface area contributed by atoms with Gasteiger partial charge < -0.3 is 10.6 Å². The molecule has 0 radical (unpaired) electrons. The van der Waals surface area contributed by atoms with Gasteiger partial charge in [0, 0.05) is 25.2 Å². The van der Waals surface area contributed by atoms with E-state index in [1.165, 1.54) is 5.56 Å². The van der Waals surface area contributed by atoms with Crippen LogP contribution in [0.4, 0.5) is 5.69 Å².